The highest BCUT2D eigenvalue weighted by atomic mass is 32.2. The fourth-order valence-electron chi connectivity index (χ4n) is 5.11. The number of phenols is 1. The highest BCUT2D eigenvalue weighted by molar-refractivity contribution is 8.00. The van der Waals surface area contributed by atoms with E-state index in [0.717, 1.165) is 64.3 Å². The van der Waals surface area contributed by atoms with E-state index in [2.05, 4.69) is 50.4 Å². The molecule has 1 aliphatic heterocycles. The second-order valence-corrected chi connectivity index (χ2v) is 13.0. The van der Waals surface area contributed by atoms with E-state index >= 15 is 0 Å². The lowest BCUT2D eigenvalue weighted by molar-refractivity contribution is 0.209. The summed E-state index contributed by atoms with van der Waals surface area (Å²) in [5.41, 5.74) is 4.13. The normalized spacial score (nSPS) is 14.3. The Labute approximate surface area is 279 Å². The van der Waals surface area contributed by atoms with Gasteiger partial charge in [-0.05, 0) is 87.5 Å². The number of aryl methyl sites for hydroxylation is 1. The third kappa shape index (κ3) is 8.34. The van der Waals surface area contributed by atoms with E-state index in [0.29, 0.717) is 23.1 Å². The monoisotopic (exact) mass is 657 g/mol. The van der Waals surface area contributed by atoms with Crippen LogP contribution in [0.1, 0.15) is 30.7 Å². The fourth-order valence-corrected chi connectivity index (χ4v) is 6.80. The number of hydrogen-bond acceptors (Lipinski definition) is 10. The molecule has 3 aromatic carbocycles. The minimum atomic E-state index is -0.345. The molecule has 11 heteroatoms. The van der Waals surface area contributed by atoms with Gasteiger partial charge in [0.05, 0.1) is 32.7 Å². The van der Waals surface area contributed by atoms with Crippen molar-refractivity contribution in [1.82, 2.24) is 9.88 Å². The zero-order valence-electron chi connectivity index (χ0n) is 26.4. The number of nitrogens with zero attached hydrogens (tertiary/aromatic N) is 5. The Morgan fingerprint density at radius 2 is 1.87 bits per heavy atom. The van der Waals surface area contributed by atoms with Gasteiger partial charge in [0, 0.05) is 60.6 Å². The third-order valence-corrected chi connectivity index (χ3v) is 9.78. The molecule has 0 bridgehead atoms. The van der Waals surface area contributed by atoms with Gasteiger partial charge in [-0.15, -0.1) is 11.3 Å². The first-order chi connectivity index (χ1) is 22.4. The molecule has 1 aliphatic rings. The summed E-state index contributed by atoms with van der Waals surface area (Å²) in [7, 11) is 0. The number of rotatable bonds is 13. The van der Waals surface area contributed by atoms with Gasteiger partial charge >= 0.3 is 0 Å². The number of halogens is 1. The van der Waals surface area contributed by atoms with Gasteiger partial charge in [-0.25, -0.2) is 9.37 Å². The molecule has 0 saturated carbocycles. The molecule has 5 rings (SSSR count). The van der Waals surface area contributed by atoms with Gasteiger partial charge in [0.2, 0.25) is 0 Å². The van der Waals surface area contributed by atoms with Crippen molar-refractivity contribution in [2.45, 2.75) is 38.1 Å². The van der Waals surface area contributed by atoms with Crippen LogP contribution in [0.4, 0.5) is 21.5 Å². The van der Waals surface area contributed by atoms with E-state index < -0.39 is 0 Å². The smallest absolute Gasteiger partial charge is 0.147 e. The van der Waals surface area contributed by atoms with Crippen LogP contribution in [0.15, 0.2) is 87.7 Å². The first-order valence-electron chi connectivity index (χ1n) is 15.4. The van der Waals surface area contributed by atoms with Gasteiger partial charge in [-0.2, -0.15) is 0 Å². The summed E-state index contributed by atoms with van der Waals surface area (Å²) >= 11 is 2.88. The molecule has 2 heterocycles. The molecule has 4 aromatic rings. The number of benzene rings is 3. The second kappa shape index (κ2) is 15.9. The molecule has 8 nitrogen and oxygen atoms in total. The Balaban J connectivity index is 1.25. The summed E-state index contributed by atoms with van der Waals surface area (Å²) in [6.45, 7) is 14.5. The zero-order chi connectivity index (χ0) is 32.5. The first kappa shape index (κ1) is 33.2. The Hall–Kier alpha value is -4.19. The molecule has 240 valence electrons. The van der Waals surface area contributed by atoms with Crippen molar-refractivity contribution < 1.29 is 9.50 Å². The Morgan fingerprint density at radius 3 is 2.57 bits per heavy atom. The molecule has 0 amide bonds. The number of anilines is 3. The van der Waals surface area contributed by atoms with Crippen molar-refractivity contribution in [2.75, 3.05) is 47.8 Å². The van der Waals surface area contributed by atoms with Gasteiger partial charge < -0.3 is 20.0 Å². The molecular formula is C35H40FN7OS2. The molecule has 0 radical (unpaired) electrons. The largest absolute Gasteiger partial charge is 0.506 e. The molecular weight excluding hydrogens is 618 g/mol. The van der Waals surface area contributed by atoms with Crippen LogP contribution in [0.5, 0.6) is 5.75 Å². The van der Waals surface area contributed by atoms with Gasteiger partial charge in [-0.1, -0.05) is 25.1 Å². The number of aliphatic imine (C=N–C) groups is 2. The number of nitrogens with one attached hydrogen (secondary N) is 2. The van der Waals surface area contributed by atoms with Crippen LogP contribution in [0.2, 0.25) is 0 Å². The van der Waals surface area contributed by atoms with Gasteiger partial charge in [-0.3, -0.25) is 14.9 Å². The van der Waals surface area contributed by atoms with Crippen molar-refractivity contribution >= 4 is 59.0 Å². The maximum atomic E-state index is 14.7. The van der Waals surface area contributed by atoms with Gasteiger partial charge in [0.25, 0.3) is 0 Å². The fraction of sp³-hybridized carbons (Fsp3) is 0.286. The van der Waals surface area contributed by atoms with Crippen LogP contribution in [-0.4, -0.2) is 66.8 Å². The quantitative estimate of drug-likeness (QED) is 0.0762. The van der Waals surface area contributed by atoms with Crippen LogP contribution in [0.25, 0.3) is 17.0 Å². The molecule has 1 saturated heterocycles. The van der Waals surface area contributed by atoms with E-state index in [1.807, 2.05) is 55.5 Å². The van der Waals surface area contributed by atoms with Crippen molar-refractivity contribution in [1.29, 1.82) is 0 Å². The van der Waals surface area contributed by atoms with E-state index in [9.17, 15) is 9.50 Å². The average molecular weight is 658 g/mol. The summed E-state index contributed by atoms with van der Waals surface area (Å²) in [5, 5.41) is 14.8. The summed E-state index contributed by atoms with van der Waals surface area (Å²) in [4.78, 5) is 20.2. The molecule has 1 fully saturated rings. The van der Waals surface area contributed by atoms with Crippen molar-refractivity contribution in [3.63, 3.8) is 0 Å². The van der Waals surface area contributed by atoms with E-state index in [1.165, 1.54) is 29.4 Å². The molecule has 0 spiro atoms. The number of aromatic nitrogens is 1. The lowest BCUT2D eigenvalue weighted by Gasteiger charge is -2.38. The number of hydrogen-bond donors (Lipinski definition) is 3. The minimum Gasteiger partial charge on any atom is -0.506 e. The number of phenolic OH excluding ortho intramolecular Hbond substituents is 1. The Kier molecular flexibility index (Phi) is 11.5. The van der Waals surface area contributed by atoms with Crippen molar-refractivity contribution in [2.24, 2.45) is 9.98 Å². The van der Waals surface area contributed by atoms with Crippen LogP contribution in [0.3, 0.4) is 0 Å². The first-order valence-corrected chi connectivity index (χ1v) is 17.0. The molecule has 0 atom stereocenters. The number of aromatic hydroxyl groups is 1. The van der Waals surface area contributed by atoms with Gasteiger partial charge in [0.15, 0.2) is 0 Å². The summed E-state index contributed by atoms with van der Waals surface area (Å²) < 4.78 is 17.9. The number of thiazole rings is 1. The predicted octanol–water partition coefficient (Wildman–Crippen LogP) is 8.05. The van der Waals surface area contributed by atoms with Gasteiger partial charge in [0.1, 0.15) is 18.2 Å². The molecule has 46 heavy (non-hydrogen) atoms. The standard InChI is InChI=1S/C35H40FN7OS2/c1-5-33-40-34(25-11-13-28(36)31(21-25)41-46-27-9-7-6-8-10-27)35(45-33)30(37-4)15-16-38-23-39-29-14-12-26(22-32(29)44)43-19-17-42(18-20-43)24(2)3/h6-16,21-22,24,39,41,44H,4-5,17-20,23H2,1-3H3/b30-15-,38-16-. The Morgan fingerprint density at radius 1 is 1.09 bits per heavy atom. The number of allylic oxidation sites excluding steroid dienone is 1. The highest BCUT2D eigenvalue weighted by Gasteiger charge is 2.20. The number of piperazine rings is 1. The molecule has 1 aromatic heterocycles. The van der Waals surface area contributed by atoms with E-state index in [1.54, 1.807) is 24.4 Å². The van der Waals surface area contributed by atoms with Crippen LogP contribution < -0.4 is 14.9 Å². The summed E-state index contributed by atoms with van der Waals surface area (Å²) in [6, 6.07) is 21.0. The molecule has 0 aliphatic carbocycles. The lowest BCUT2D eigenvalue weighted by Crippen LogP contribution is -2.48. The van der Waals surface area contributed by atoms with E-state index in [4.69, 9.17) is 4.98 Å². The SMILES string of the molecule is C=N/C(=C\C=N/CNc1ccc(N2CCN(C(C)C)CC2)cc1O)c1sc(CC)nc1-c1ccc(F)c(NSc2ccccc2)c1. The predicted molar refractivity (Wildman–Crippen MR) is 194 cm³/mol. The maximum Gasteiger partial charge on any atom is 0.147 e. The lowest BCUT2D eigenvalue weighted by atomic mass is 10.1. The van der Waals surface area contributed by atoms with E-state index in [-0.39, 0.29) is 18.2 Å². The van der Waals surface area contributed by atoms with Crippen LogP contribution in [-0.2, 0) is 6.42 Å². The minimum absolute atomic E-state index is 0.194. The summed E-state index contributed by atoms with van der Waals surface area (Å²) in [6.07, 6.45) is 4.21. The average Bonchev–Trinajstić information content (AvgIpc) is 3.51. The Bertz CT molecular complexity index is 1680. The van der Waals surface area contributed by atoms with Crippen LogP contribution >= 0.6 is 23.3 Å². The summed E-state index contributed by atoms with van der Waals surface area (Å²) in [5.74, 6) is -0.151. The molecule has 0 unspecified atom stereocenters. The zero-order valence-corrected chi connectivity index (χ0v) is 28.0. The van der Waals surface area contributed by atoms with Crippen LogP contribution in [0, 0.1) is 5.82 Å². The topological polar surface area (TPSA) is 88.4 Å². The highest BCUT2D eigenvalue weighted by Crippen LogP contribution is 2.37. The van der Waals surface area contributed by atoms with Crippen molar-refractivity contribution in [3.05, 3.63) is 88.5 Å². The molecule has 3 N–H and O–H groups in total. The van der Waals surface area contributed by atoms with Crippen molar-refractivity contribution in [3.8, 4) is 17.0 Å². The second-order valence-electron chi connectivity index (χ2n) is 11.0. The third-order valence-electron chi connectivity index (χ3n) is 7.73. The maximum absolute atomic E-state index is 14.7.